The lowest BCUT2D eigenvalue weighted by molar-refractivity contribution is -0.141. The zero-order valence-corrected chi connectivity index (χ0v) is 10.1. The molecule has 1 atom stereocenters. The maximum absolute atomic E-state index is 11.8. The second kappa shape index (κ2) is 5.68. The van der Waals surface area contributed by atoms with Crippen LogP contribution in [-0.4, -0.2) is 22.0 Å². The monoisotopic (exact) mass is 256 g/mol. The molecular weight excluding hydrogens is 244 g/mol. The third-order valence-corrected chi connectivity index (χ3v) is 2.77. The lowest BCUT2D eigenvalue weighted by Gasteiger charge is -2.09. The van der Waals surface area contributed by atoms with E-state index in [1.165, 1.54) is 18.2 Å². The summed E-state index contributed by atoms with van der Waals surface area (Å²) in [5.41, 5.74) is 0.0669. The molecule has 2 N–H and O–H groups in total. The fourth-order valence-electron chi connectivity index (χ4n) is 1.47. The molecule has 0 bridgehead atoms. The van der Waals surface area contributed by atoms with E-state index in [9.17, 15) is 14.7 Å². The molecule has 17 heavy (non-hydrogen) atoms. The Hall–Kier alpha value is -1.55. The van der Waals surface area contributed by atoms with Gasteiger partial charge in [0.05, 0.1) is 11.5 Å². The van der Waals surface area contributed by atoms with E-state index in [1.54, 1.807) is 6.92 Å². The van der Waals surface area contributed by atoms with Gasteiger partial charge in [-0.3, -0.25) is 9.59 Å². The van der Waals surface area contributed by atoms with Gasteiger partial charge in [0.25, 0.3) is 0 Å². The first-order chi connectivity index (χ1) is 7.95. The van der Waals surface area contributed by atoms with E-state index in [2.05, 4.69) is 0 Å². The van der Waals surface area contributed by atoms with Crippen LogP contribution in [0.3, 0.4) is 0 Å². The molecule has 1 aromatic carbocycles. The fourth-order valence-corrected chi connectivity index (χ4v) is 1.64. The summed E-state index contributed by atoms with van der Waals surface area (Å²) < 4.78 is 0. The molecule has 4 nitrogen and oxygen atoms in total. The van der Waals surface area contributed by atoms with Crippen molar-refractivity contribution in [3.63, 3.8) is 0 Å². The van der Waals surface area contributed by atoms with Crippen LogP contribution in [0.2, 0.25) is 5.02 Å². The van der Waals surface area contributed by atoms with Gasteiger partial charge in [0.1, 0.15) is 5.75 Å². The molecule has 0 fully saturated rings. The number of carbonyl (C=O) groups excluding carboxylic acids is 1. The van der Waals surface area contributed by atoms with Gasteiger partial charge < -0.3 is 10.2 Å². The lowest BCUT2D eigenvalue weighted by Crippen LogP contribution is -2.17. The van der Waals surface area contributed by atoms with Gasteiger partial charge in [-0.15, -0.1) is 0 Å². The van der Waals surface area contributed by atoms with Gasteiger partial charge in [0, 0.05) is 11.4 Å². The number of aliphatic carboxylic acids is 1. The van der Waals surface area contributed by atoms with Crippen molar-refractivity contribution in [3.8, 4) is 5.75 Å². The lowest BCUT2D eigenvalue weighted by atomic mass is 9.96. The van der Waals surface area contributed by atoms with Crippen LogP contribution < -0.4 is 0 Å². The van der Waals surface area contributed by atoms with Crippen LogP contribution in [0.25, 0.3) is 0 Å². The van der Waals surface area contributed by atoms with Crippen LogP contribution >= 0.6 is 11.6 Å². The van der Waals surface area contributed by atoms with E-state index in [4.69, 9.17) is 16.7 Å². The van der Waals surface area contributed by atoms with Crippen LogP contribution in [0.15, 0.2) is 18.2 Å². The first-order valence-electron chi connectivity index (χ1n) is 5.20. The minimum Gasteiger partial charge on any atom is -0.507 e. The van der Waals surface area contributed by atoms with E-state index in [0.29, 0.717) is 11.4 Å². The fraction of sp³-hybridized carbons (Fsp3) is 0.333. The predicted octanol–water partition coefficient (Wildman–Crippen LogP) is 2.73. The van der Waals surface area contributed by atoms with Crippen LogP contribution in [0.1, 0.15) is 30.1 Å². The summed E-state index contributed by atoms with van der Waals surface area (Å²) >= 11 is 5.71. The minimum atomic E-state index is -1.01. The number of benzene rings is 1. The molecule has 0 aliphatic carbocycles. The quantitative estimate of drug-likeness (QED) is 0.795. The highest BCUT2D eigenvalue weighted by Crippen LogP contribution is 2.24. The zero-order chi connectivity index (χ0) is 13.0. The second-order valence-corrected chi connectivity index (χ2v) is 4.17. The number of phenolic OH excluding ortho intramolecular Hbond substituents is 1. The number of Topliss-reactive ketones (excluding diaryl/α,β-unsaturated/α-hetero) is 1. The van der Waals surface area contributed by atoms with Gasteiger partial charge in [-0.25, -0.2) is 0 Å². The molecule has 0 amide bonds. The molecule has 92 valence electrons. The summed E-state index contributed by atoms with van der Waals surface area (Å²) in [7, 11) is 0. The standard InChI is InChI=1S/C12H13ClO4/c1-2-7(12(16)17)5-11(15)9-6-8(13)3-4-10(9)14/h3-4,6-7,14H,2,5H2,1H3,(H,16,17). The predicted molar refractivity (Wildman–Crippen MR) is 63.5 cm³/mol. The number of aromatic hydroxyl groups is 1. The van der Waals surface area contributed by atoms with Crippen molar-refractivity contribution in [1.29, 1.82) is 0 Å². The van der Waals surface area contributed by atoms with E-state index in [1.807, 2.05) is 0 Å². The number of carboxylic acids is 1. The third kappa shape index (κ3) is 3.46. The summed E-state index contributed by atoms with van der Waals surface area (Å²) in [4.78, 5) is 22.6. The molecule has 1 unspecified atom stereocenters. The molecule has 0 saturated heterocycles. The Labute approximate surface area is 104 Å². The highest BCUT2D eigenvalue weighted by atomic mass is 35.5. The molecule has 5 heteroatoms. The minimum absolute atomic E-state index is 0.0669. The van der Waals surface area contributed by atoms with Crippen molar-refractivity contribution in [1.82, 2.24) is 0 Å². The molecule has 0 heterocycles. The first-order valence-corrected chi connectivity index (χ1v) is 5.58. The third-order valence-electron chi connectivity index (χ3n) is 2.53. The molecule has 0 saturated carbocycles. The molecular formula is C12H13ClO4. The largest absolute Gasteiger partial charge is 0.507 e. The van der Waals surface area contributed by atoms with Gasteiger partial charge in [-0.05, 0) is 24.6 Å². The Morgan fingerprint density at radius 3 is 2.59 bits per heavy atom. The number of carbonyl (C=O) groups is 2. The van der Waals surface area contributed by atoms with Crippen LogP contribution in [0, 0.1) is 5.92 Å². The summed E-state index contributed by atoms with van der Waals surface area (Å²) in [5.74, 6) is -2.35. The molecule has 1 rings (SSSR count). The highest BCUT2D eigenvalue weighted by Gasteiger charge is 2.21. The highest BCUT2D eigenvalue weighted by molar-refractivity contribution is 6.31. The number of ketones is 1. The summed E-state index contributed by atoms with van der Waals surface area (Å²) in [5, 5.41) is 18.7. The topological polar surface area (TPSA) is 74.6 Å². The summed E-state index contributed by atoms with van der Waals surface area (Å²) in [6.45, 7) is 1.70. The molecule has 0 spiro atoms. The molecule has 0 aliphatic heterocycles. The Bertz CT molecular complexity index is 442. The number of phenols is 1. The smallest absolute Gasteiger partial charge is 0.306 e. The number of rotatable bonds is 5. The summed E-state index contributed by atoms with van der Waals surface area (Å²) in [6.07, 6.45) is 0.224. The van der Waals surface area contributed by atoms with Crippen molar-refractivity contribution in [2.75, 3.05) is 0 Å². The van der Waals surface area contributed by atoms with Gasteiger partial charge in [-0.2, -0.15) is 0 Å². The Balaban J connectivity index is 2.89. The molecule has 1 aromatic rings. The van der Waals surface area contributed by atoms with Crippen molar-refractivity contribution >= 4 is 23.4 Å². The number of halogens is 1. The van der Waals surface area contributed by atoms with Crippen molar-refractivity contribution in [3.05, 3.63) is 28.8 Å². The molecule has 0 radical (unpaired) electrons. The van der Waals surface area contributed by atoms with Gasteiger partial charge in [-0.1, -0.05) is 18.5 Å². The Morgan fingerprint density at radius 2 is 2.06 bits per heavy atom. The first kappa shape index (κ1) is 13.5. The van der Waals surface area contributed by atoms with Gasteiger partial charge in [0.2, 0.25) is 0 Å². The van der Waals surface area contributed by atoms with Gasteiger partial charge in [0.15, 0.2) is 5.78 Å². The second-order valence-electron chi connectivity index (χ2n) is 3.73. The SMILES string of the molecule is CCC(CC(=O)c1cc(Cl)ccc1O)C(=O)O. The number of hydrogen-bond donors (Lipinski definition) is 2. The maximum Gasteiger partial charge on any atom is 0.306 e. The van der Waals surface area contributed by atoms with Crippen LogP contribution in [-0.2, 0) is 4.79 Å². The Morgan fingerprint density at radius 1 is 1.41 bits per heavy atom. The van der Waals surface area contributed by atoms with Gasteiger partial charge >= 0.3 is 5.97 Å². The average Bonchev–Trinajstić information content (AvgIpc) is 2.28. The van der Waals surface area contributed by atoms with Crippen molar-refractivity contribution < 1.29 is 19.8 Å². The van der Waals surface area contributed by atoms with E-state index in [-0.39, 0.29) is 17.7 Å². The molecule has 0 aromatic heterocycles. The van der Waals surface area contributed by atoms with E-state index < -0.39 is 17.7 Å². The molecule has 0 aliphatic rings. The number of carboxylic acid groups (broad SMARTS) is 1. The van der Waals surface area contributed by atoms with E-state index >= 15 is 0 Å². The average molecular weight is 257 g/mol. The maximum atomic E-state index is 11.8. The van der Waals surface area contributed by atoms with Crippen molar-refractivity contribution in [2.45, 2.75) is 19.8 Å². The normalized spacial score (nSPS) is 12.1. The van der Waals surface area contributed by atoms with E-state index in [0.717, 1.165) is 0 Å². The van der Waals surface area contributed by atoms with Crippen LogP contribution in [0.4, 0.5) is 0 Å². The summed E-state index contributed by atoms with van der Waals surface area (Å²) in [6, 6.07) is 4.12. The van der Waals surface area contributed by atoms with Crippen LogP contribution in [0.5, 0.6) is 5.75 Å². The van der Waals surface area contributed by atoms with Crippen molar-refractivity contribution in [2.24, 2.45) is 5.92 Å². The number of hydrogen-bond acceptors (Lipinski definition) is 3. The zero-order valence-electron chi connectivity index (χ0n) is 9.31. The Kier molecular flexibility index (Phi) is 4.52.